The molecule has 0 saturated carbocycles. The highest BCUT2D eigenvalue weighted by molar-refractivity contribution is 5.82. The van der Waals surface area contributed by atoms with Gasteiger partial charge in [-0.15, -0.1) is 0 Å². The van der Waals surface area contributed by atoms with Crippen LogP contribution in [-0.4, -0.2) is 23.7 Å². The van der Waals surface area contributed by atoms with E-state index in [1.54, 1.807) is 18.5 Å². The van der Waals surface area contributed by atoms with Crippen molar-refractivity contribution in [1.82, 2.24) is 10.4 Å². The van der Waals surface area contributed by atoms with Crippen LogP contribution in [0.4, 0.5) is 0 Å². The van der Waals surface area contributed by atoms with Gasteiger partial charge in [-0.2, -0.15) is 5.10 Å². The summed E-state index contributed by atoms with van der Waals surface area (Å²) in [6.07, 6.45) is 4.86. The number of nitrogens with one attached hydrogen (secondary N) is 1. The summed E-state index contributed by atoms with van der Waals surface area (Å²) in [6.45, 7) is 3.89. The molecule has 0 spiro atoms. The Balaban J connectivity index is 1.81. The van der Waals surface area contributed by atoms with E-state index in [9.17, 15) is 4.79 Å². The zero-order chi connectivity index (χ0) is 15.1. The lowest BCUT2D eigenvalue weighted by Gasteiger charge is -2.07. The minimum Gasteiger partial charge on any atom is -0.484 e. The van der Waals surface area contributed by atoms with Crippen LogP contribution < -0.4 is 10.2 Å². The average molecular weight is 283 g/mol. The van der Waals surface area contributed by atoms with Crippen molar-refractivity contribution in [2.45, 2.75) is 13.8 Å². The van der Waals surface area contributed by atoms with Crippen molar-refractivity contribution in [2.24, 2.45) is 5.10 Å². The van der Waals surface area contributed by atoms with Crippen LogP contribution in [0.1, 0.15) is 16.7 Å². The monoisotopic (exact) mass is 283 g/mol. The van der Waals surface area contributed by atoms with Gasteiger partial charge in [-0.3, -0.25) is 9.78 Å². The van der Waals surface area contributed by atoms with Crippen LogP contribution >= 0.6 is 0 Å². The number of hydrazone groups is 1. The van der Waals surface area contributed by atoms with Crippen LogP contribution in [0.15, 0.2) is 47.8 Å². The Morgan fingerprint density at radius 3 is 2.76 bits per heavy atom. The summed E-state index contributed by atoms with van der Waals surface area (Å²) in [5.74, 6) is 0.369. The number of rotatable bonds is 5. The Labute approximate surface area is 123 Å². The fourth-order valence-corrected chi connectivity index (χ4v) is 1.83. The van der Waals surface area contributed by atoms with E-state index in [0.717, 1.165) is 16.7 Å². The normalized spacial score (nSPS) is 10.6. The lowest BCUT2D eigenvalue weighted by molar-refractivity contribution is -0.123. The summed E-state index contributed by atoms with van der Waals surface area (Å²) in [7, 11) is 0. The summed E-state index contributed by atoms with van der Waals surface area (Å²) in [6, 6.07) is 9.46. The standard InChI is InChI=1S/C16H17N3O2/c1-12-6-13(2)8-15(7-12)21-11-16(20)19-18-10-14-4-3-5-17-9-14/h3-10H,11H2,1-2H3,(H,19,20). The van der Waals surface area contributed by atoms with E-state index in [4.69, 9.17) is 4.74 Å². The lowest BCUT2D eigenvalue weighted by atomic mass is 10.1. The minimum absolute atomic E-state index is 0.0761. The van der Waals surface area contributed by atoms with Crippen molar-refractivity contribution in [3.05, 3.63) is 59.4 Å². The highest BCUT2D eigenvalue weighted by Crippen LogP contribution is 2.15. The molecule has 1 amide bonds. The smallest absolute Gasteiger partial charge is 0.277 e. The molecule has 108 valence electrons. The lowest BCUT2D eigenvalue weighted by Crippen LogP contribution is -2.24. The summed E-state index contributed by atoms with van der Waals surface area (Å²) in [5.41, 5.74) is 5.42. The van der Waals surface area contributed by atoms with Gasteiger partial charge in [0.25, 0.3) is 5.91 Å². The van der Waals surface area contributed by atoms with E-state index in [1.165, 1.54) is 6.21 Å². The number of carbonyl (C=O) groups is 1. The Morgan fingerprint density at radius 1 is 1.33 bits per heavy atom. The van der Waals surface area contributed by atoms with Crippen molar-refractivity contribution in [3.63, 3.8) is 0 Å². The molecule has 0 fully saturated rings. The molecule has 5 nitrogen and oxygen atoms in total. The largest absolute Gasteiger partial charge is 0.484 e. The highest BCUT2D eigenvalue weighted by Gasteiger charge is 2.02. The molecule has 5 heteroatoms. The second-order valence-electron chi connectivity index (χ2n) is 4.69. The number of ether oxygens (including phenoxy) is 1. The SMILES string of the molecule is Cc1cc(C)cc(OCC(=O)NN=Cc2cccnc2)c1. The molecular formula is C16H17N3O2. The van der Waals surface area contributed by atoms with Gasteiger partial charge >= 0.3 is 0 Å². The maximum absolute atomic E-state index is 11.6. The number of aromatic nitrogens is 1. The Hall–Kier alpha value is -2.69. The molecule has 0 aliphatic rings. The first-order valence-corrected chi connectivity index (χ1v) is 6.56. The highest BCUT2D eigenvalue weighted by atomic mass is 16.5. The van der Waals surface area contributed by atoms with Gasteiger partial charge in [0.15, 0.2) is 6.61 Å². The molecule has 0 bridgehead atoms. The minimum atomic E-state index is -0.311. The number of aryl methyl sites for hydroxylation is 2. The van der Waals surface area contributed by atoms with E-state index in [2.05, 4.69) is 15.5 Å². The van der Waals surface area contributed by atoms with Crippen molar-refractivity contribution in [3.8, 4) is 5.75 Å². The molecule has 2 rings (SSSR count). The molecule has 0 saturated heterocycles. The van der Waals surface area contributed by atoms with E-state index in [-0.39, 0.29) is 12.5 Å². The van der Waals surface area contributed by atoms with Crippen LogP contribution in [0.5, 0.6) is 5.75 Å². The fraction of sp³-hybridized carbons (Fsp3) is 0.188. The maximum atomic E-state index is 11.6. The molecular weight excluding hydrogens is 266 g/mol. The van der Waals surface area contributed by atoms with Gasteiger partial charge in [0.1, 0.15) is 5.75 Å². The fourth-order valence-electron chi connectivity index (χ4n) is 1.83. The average Bonchev–Trinajstić information content (AvgIpc) is 2.45. The molecule has 21 heavy (non-hydrogen) atoms. The Bertz CT molecular complexity index is 619. The summed E-state index contributed by atoms with van der Waals surface area (Å²) in [5, 5.41) is 3.84. The van der Waals surface area contributed by atoms with Crippen molar-refractivity contribution in [2.75, 3.05) is 6.61 Å². The summed E-state index contributed by atoms with van der Waals surface area (Å²) in [4.78, 5) is 15.6. The molecule has 1 aromatic heterocycles. The predicted molar refractivity (Wildman–Crippen MR) is 81.4 cm³/mol. The summed E-state index contributed by atoms with van der Waals surface area (Å²) < 4.78 is 5.43. The van der Waals surface area contributed by atoms with Gasteiger partial charge in [0.2, 0.25) is 0 Å². The number of pyridine rings is 1. The molecule has 0 atom stereocenters. The number of amides is 1. The first-order valence-electron chi connectivity index (χ1n) is 6.56. The third-order valence-electron chi connectivity index (χ3n) is 2.65. The molecule has 1 heterocycles. The predicted octanol–water partition coefficient (Wildman–Crippen LogP) is 2.23. The zero-order valence-electron chi connectivity index (χ0n) is 12.0. The number of nitrogens with zero attached hydrogens (tertiary/aromatic N) is 2. The molecule has 0 aliphatic carbocycles. The number of hydrogen-bond acceptors (Lipinski definition) is 4. The second kappa shape index (κ2) is 7.19. The molecule has 1 N–H and O–H groups in total. The van der Waals surface area contributed by atoms with Crippen molar-refractivity contribution in [1.29, 1.82) is 0 Å². The van der Waals surface area contributed by atoms with Crippen LogP contribution in [0, 0.1) is 13.8 Å². The van der Waals surface area contributed by atoms with Gasteiger partial charge in [0, 0.05) is 18.0 Å². The Kier molecular flexibility index (Phi) is 5.04. The van der Waals surface area contributed by atoms with Crippen LogP contribution in [0.2, 0.25) is 0 Å². The first kappa shape index (κ1) is 14.7. The van der Waals surface area contributed by atoms with Gasteiger partial charge in [-0.1, -0.05) is 12.1 Å². The number of carbonyl (C=O) groups excluding carboxylic acids is 1. The molecule has 0 radical (unpaired) electrons. The molecule has 2 aromatic rings. The van der Waals surface area contributed by atoms with E-state index >= 15 is 0 Å². The Morgan fingerprint density at radius 2 is 2.10 bits per heavy atom. The topological polar surface area (TPSA) is 63.6 Å². The molecule has 0 aliphatic heterocycles. The van der Waals surface area contributed by atoms with Gasteiger partial charge in [0.05, 0.1) is 6.21 Å². The maximum Gasteiger partial charge on any atom is 0.277 e. The second-order valence-corrected chi connectivity index (χ2v) is 4.69. The van der Waals surface area contributed by atoms with Crippen LogP contribution in [0.3, 0.4) is 0 Å². The van der Waals surface area contributed by atoms with Crippen LogP contribution in [0.25, 0.3) is 0 Å². The molecule has 1 aromatic carbocycles. The van der Waals surface area contributed by atoms with E-state index < -0.39 is 0 Å². The van der Waals surface area contributed by atoms with Crippen molar-refractivity contribution >= 4 is 12.1 Å². The van der Waals surface area contributed by atoms with Gasteiger partial charge in [-0.25, -0.2) is 5.43 Å². The number of hydrogen-bond donors (Lipinski definition) is 1. The first-order chi connectivity index (χ1) is 10.1. The third-order valence-corrected chi connectivity index (χ3v) is 2.65. The van der Waals surface area contributed by atoms with Gasteiger partial charge in [-0.05, 0) is 43.2 Å². The van der Waals surface area contributed by atoms with E-state index in [0.29, 0.717) is 5.75 Å². The third kappa shape index (κ3) is 5.06. The number of benzene rings is 1. The van der Waals surface area contributed by atoms with Gasteiger partial charge < -0.3 is 4.74 Å². The van der Waals surface area contributed by atoms with E-state index in [1.807, 2.05) is 38.1 Å². The zero-order valence-corrected chi connectivity index (χ0v) is 12.0. The summed E-state index contributed by atoms with van der Waals surface area (Å²) >= 11 is 0. The quantitative estimate of drug-likeness (QED) is 0.676. The molecule has 0 unspecified atom stereocenters. The van der Waals surface area contributed by atoms with Crippen LogP contribution in [-0.2, 0) is 4.79 Å². The van der Waals surface area contributed by atoms with Crippen molar-refractivity contribution < 1.29 is 9.53 Å².